The number of nitrogens with one attached hydrogen (secondary N) is 1. The molecule has 1 heterocycles. The average molecular weight is 322 g/mol. The number of hydrogen-bond acceptors (Lipinski definition) is 4. The van der Waals surface area contributed by atoms with Crippen LogP contribution in [0, 0.1) is 15.0 Å². The molecule has 2 rings (SSSR count). The Kier molecular flexibility index (Phi) is 3.31. The Balaban J connectivity index is 2.18. The number of rotatable bonds is 2. The Labute approximate surface area is 106 Å². The van der Waals surface area contributed by atoms with Crippen molar-refractivity contribution >= 4 is 34.2 Å². The van der Waals surface area contributed by atoms with E-state index >= 15 is 0 Å². The monoisotopic (exact) mass is 322 g/mol. The molecule has 4 nitrogen and oxygen atoms in total. The van der Waals surface area contributed by atoms with E-state index in [-0.39, 0.29) is 0 Å². The van der Waals surface area contributed by atoms with Crippen LogP contribution in [0.25, 0.3) is 0 Å². The average Bonchev–Trinajstić information content (AvgIpc) is 2.30. The molecule has 0 unspecified atom stereocenters. The summed E-state index contributed by atoms with van der Waals surface area (Å²) < 4.78 is 0.878. The van der Waals surface area contributed by atoms with Crippen LogP contribution >= 0.6 is 22.6 Å². The van der Waals surface area contributed by atoms with Crippen LogP contribution in [0.3, 0.4) is 0 Å². The van der Waals surface area contributed by atoms with E-state index in [1.54, 1.807) is 18.3 Å². The fraction of sp³-hybridized carbons (Fsp3) is 0. The largest absolute Gasteiger partial charge is 0.324 e. The van der Waals surface area contributed by atoms with Crippen molar-refractivity contribution in [1.82, 2.24) is 9.97 Å². The molecule has 1 aromatic heterocycles. The van der Waals surface area contributed by atoms with Gasteiger partial charge in [-0.25, -0.2) is 9.97 Å². The van der Waals surface area contributed by atoms with E-state index in [4.69, 9.17) is 5.26 Å². The van der Waals surface area contributed by atoms with Crippen LogP contribution in [0.1, 0.15) is 5.56 Å². The smallest absolute Gasteiger partial charge is 0.228 e. The number of nitrogens with zero attached hydrogens (tertiary/aromatic N) is 3. The highest BCUT2D eigenvalue weighted by Gasteiger charge is 1.98. The molecule has 0 saturated carbocycles. The van der Waals surface area contributed by atoms with Crippen molar-refractivity contribution in [1.29, 1.82) is 5.26 Å². The van der Waals surface area contributed by atoms with Crippen molar-refractivity contribution < 1.29 is 0 Å². The van der Waals surface area contributed by atoms with Crippen molar-refractivity contribution in [2.75, 3.05) is 5.32 Å². The van der Waals surface area contributed by atoms with Crippen LogP contribution in [-0.4, -0.2) is 9.97 Å². The van der Waals surface area contributed by atoms with Crippen LogP contribution in [-0.2, 0) is 0 Å². The first-order chi connectivity index (χ1) is 7.78. The Bertz CT molecular complexity index is 530. The van der Waals surface area contributed by atoms with Gasteiger partial charge in [-0.2, -0.15) is 5.26 Å². The Morgan fingerprint density at radius 1 is 1.19 bits per heavy atom. The molecular formula is C11H7IN4. The SMILES string of the molecule is N#Cc1ccc(Nc2nccc(I)n2)cc1. The molecule has 78 valence electrons. The zero-order chi connectivity index (χ0) is 11.4. The van der Waals surface area contributed by atoms with Gasteiger partial charge in [-0.3, -0.25) is 0 Å². The molecule has 0 saturated heterocycles. The predicted molar refractivity (Wildman–Crippen MR) is 69.2 cm³/mol. The van der Waals surface area contributed by atoms with E-state index in [0.29, 0.717) is 11.5 Å². The lowest BCUT2D eigenvalue weighted by Crippen LogP contribution is -1.97. The summed E-state index contributed by atoms with van der Waals surface area (Å²) in [6.07, 6.45) is 1.70. The Morgan fingerprint density at radius 3 is 2.56 bits per heavy atom. The summed E-state index contributed by atoms with van der Waals surface area (Å²) >= 11 is 2.13. The molecule has 1 N–H and O–H groups in total. The zero-order valence-electron chi connectivity index (χ0n) is 8.18. The van der Waals surface area contributed by atoms with Gasteiger partial charge in [0.15, 0.2) is 0 Å². The summed E-state index contributed by atoms with van der Waals surface area (Å²) in [5, 5.41) is 11.7. The van der Waals surface area contributed by atoms with Gasteiger partial charge in [0.25, 0.3) is 0 Å². The maximum Gasteiger partial charge on any atom is 0.228 e. The first-order valence-electron chi connectivity index (χ1n) is 4.53. The lowest BCUT2D eigenvalue weighted by atomic mass is 10.2. The third-order valence-electron chi connectivity index (χ3n) is 1.89. The highest BCUT2D eigenvalue weighted by molar-refractivity contribution is 14.1. The van der Waals surface area contributed by atoms with E-state index in [1.165, 1.54) is 0 Å². The first-order valence-corrected chi connectivity index (χ1v) is 5.61. The quantitative estimate of drug-likeness (QED) is 0.682. The second-order valence-electron chi connectivity index (χ2n) is 3.02. The molecular weight excluding hydrogens is 315 g/mol. The molecule has 0 radical (unpaired) electrons. The summed E-state index contributed by atoms with van der Waals surface area (Å²) in [5.74, 6) is 0.552. The van der Waals surface area contributed by atoms with E-state index in [1.807, 2.05) is 18.2 Å². The molecule has 0 aliphatic heterocycles. The van der Waals surface area contributed by atoms with Gasteiger partial charge >= 0.3 is 0 Å². The second kappa shape index (κ2) is 4.90. The van der Waals surface area contributed by atoms with E-state index < -0.39 is 0 Å². The first kappa shape index (κ1) is 10.8. The van der Waals surface area contributed by atoms with E-state index in [0.717, 1.165) is 9.39 Å². The standard InChI is InChI=1S/C11H7IN4/c12-10-5-6-14-11(16-10)15-9-3-1-8(7-13)2-4-9/h1-6H,(H,14,15,16). The Morgan fingerprint density at radius 2 is 1.94 bits per heavy atom. The third kappa shape index (κ3) is 2.67. The van der Waals surface area contributed by atoms with Gasteiger partial charge in [0, 0.05) is 11.9 Å². The minimum atomic E-state index is 0.552. The molecule has 2 aromatic rings. The second-order valence-corrected chi connectivity index (χ2v) is 4.12. The highest BCUT2D eigenvalue weighted by Crippen LogP contribution is 2.13. The number of nitriles is 1. The molecule has 5 heteroatoms. The molecule has 0 bridgehead atoms. The van der Waals surface area contributed by atoms with Gasteiger partial charge in [-0.05, 0) is 52.9 Å². The molecule has 1 aromatic carbocycles. The number of hydrogen-bond donors (Lipinski definition) is 1. The lowest BCUT2D eigenvalue weighted by molar-refractivity contribution is 1.14. The van der Waals surface area contributed by atoms with Crippen LogP contribution in [0.4, 0.5) is 11.6 Å². The zero-order valence-corrected chi connectivity index (χ0v) is 10.3. The van der Waals surface area contributed by atoms with Gasteiger partial charge in [0.05, 0.1) is 11.6 Å². The molecule has 0 aliphatic rings. The van der Waals surface area contributed by atoms with Gasteiger partial charge in [-0.15, -0.1) is 0 Å². The summed E-state index contributed by atoms with van der Waals surface area (Å²) in [4.78, 5) is 8.30. The van der Waals surface area contributed by atoms with Crippen LogP contribution < -0.4 is 5.32 Å². The number of anilines is 2. The number of halogens is 1. The highest BCUT2D eigenvalue weighted by atomic mass is 127. The van der Waals surface area contributed by atoms with Crippen molar-refractivity contribution in [3.8, 4) is 6.07 Å². The summed E-state index contributed by atoms with van der Waals surface area (Å²) in [5.41, 5.74) is 1.50. The maximum absolute atomic E-state index is 8.66. The third-order valence-corrected chi connectivity index (χ3v) is 2.49. The minimum absolute atomic E-state index is 0.552. The van der Waals surface area contributed by atoms with Gasteiger partial charge < -0.3 is 5.32 Å². The molecule has 16 heavy (non-hydrogen) atoms. The molecule has 0 atom stereocenters. The van der Waals surface area contributed by atoms with E-state index in [2.05, 4.69) is 43.9 Å². The maximum atomic E-state index is 8.66. The van der Waals surface area contributed by atoms with Crippen LogP contribution in [0.5, 0.6) is 0 Å². The van der Waals surface area contributed by atoms with Crippen molar-refractivity contribution in [2.45, 2.75) is 0 Å². The Hall–Kier alpha value is -1.68. The fourth-order valence-corrected chi connectivity index (χ4v) is 1.54. The van der Waals surface area contributed by atoms with Crippen LogP contribution in [0.2, 0.25) is 0 Å². The normalized spacial score (nSPS) is 9.50. The van der Waals surface area contributed by atoms with Gasteiger partial charge in [-0.1, -0.05) is 0 Å². The molecule has 0 fully saturated rings. The van der Waals surface area contributed by atoms with Gasteiger partial charge in [0.2, 0.25) is 5.95 Å². The molecule has 0 spiro atoms. The predicted octanol–water partition coefficient (Wildman–Crippen LogP) is 2.70. The van der Waals surface area contributed by atoms with Gasteiger partial charge in [0.1, 0.15) is 3.70 Å². The fourth-order valence-electron chi connectivity index (χ4n) is 1.15. The lowest BCUT2D eigenvalue weighted by Gasteiger charge is -2.04. The van der Waals surface area contributed by atoms with Crippen molar-refractivity contribution in [3.05, 3.63) is 45.8 Å². The molecule has 0 amide bonds. The number of benzene rings is 1. The molecule has 0 aliphatic carbocycles. The van der Waals surface area contributed by atoms with E-state index in [9.17, 15) is 0 Å². The minimum Gasteiger partial charge on any atom is -0.324 e. The van der Waals surface area contributed by atoms with Crippen molar-refractivity contribution in [2.24, 2.45) is 0 Å². The van der Waals surface area contributed by atoms with Crippen LogP contribution in [0.15, 0.2) is 36.5 Å². The number of aromatic nitrogens is 2. The summed E-state index contributed by atoms with van der Waals surface area (Å²) in [6, 6.07) is 11.0. The topological polar surface area (TPSA) is 61.6 Å². The summed E-state index contributed by atoms with van der Waals surface area (Å²) in [7, 11) is 0. The summed E-state index contributed by atoms with van der Waals surface area (Å²) in [6.45, 7) is 0. The van der Waals surface area contributed by atoms with Crippen molar-refractivity contribution in [3.63, 3.8) is 0 Å².